The van der Waals surface area contributed by atoms with Crippen LogP contribution >= 0.6 is 0 Å². The first-order valence-electron chi connectivity index (χ1n) is 17.8. The van der Waals surface area contributed by atoms with Crippen molar-refractivity contribution in [3.63, 3.8) is 0 Å². The van der Waals surface area contributed by atoms with Crippen LogP contribution in [0.5, 0.6) is 5.75 Å². The summed E-state index contributed by atoms with van der Waals surface area (Å²) in [7, 11) is 0. The number of amides is 1. The number of pyridine rings is 1. The second kappa shape index (κ2) is 14.3. The third-order valence-electron chi connectivity index (χ3n) is 10.3. The molecule has 0 atom stereocenters. The van der Waals surface area contributed by atoms with Gasteiger partial charge in [-0.1, -0.05) is 62.4 Å². The van der Waals surface area contributed by atoms with Crippen molar-refractivity contribution < 1.29 is 27.4 Å². The van der Waals surface area contributed by atoms with Gasteiger partial charge in [0, 0.05) is 36.8 Å². The Morgan fingerprint density at radius 1 is 0.980 bits per heavy atom. The number of ether oxygens (including phenoxy) is 2. The van der Waals surface area contributed by atoms with Gasteiger partial charge in [0.2, 0.25) is 0 Å². The van der Waals surface area contributed by atoms with Gasteiger partial charge in [0.15, 0.2) is 0 Å². The van der Waals surface area contributed by atoms with E-state index in [1.54, 1.807) is 6.07 Å². The van der Waals surface area contributed by atoms with E-state index >= 15 is 0 Å². The monoisotopic (exact) mass is 686 g/mol. The summed E-state index contributed by atoms with van der Waals surface area (Å²) in [6, 6.07) is 21.2. The van der Waals surface area contributed by atoms with Crippen LogP contribution in [-0.4, -0.2) is 72.7 Å². The number of hydrogen-bond donors (Lipinski definition) is 1. The largest absolute Gasteiger partial charge is 0.493 e. The molecule has 0 radical (unpaired) electrons. The summed E-state index contributed by atoms with van der Waals surface area (Å²) in [5.41, 5.74) is 2.02. The average molecular weight is 687 g/mol. The van der Waals surface area contributed by atoms with E-state index in [4.69, 9.17) is 14.5 Å². The van der Waals surface area contributed by atoms with Crippen molar-refractivity contribution in [1.29, 1.82) is 0 Å². The molecule has 2 aliphatic heterocycles. The number of nitrogens with one attached hydrogen (secondary N) is 1. The molecule has 50 heavy (non-hydrogen) atoms. The Labute approximate surface area is 291 Å². The molecule has 0 unspecified atom stereocenters. The lowest BCUT2D eigenvalue weighted by Crippen LogP contribution is -2.48. The summed E-state index contributed by atoms with van der Waals surface area (Å²) >= 11 is 0. The zero-order valence-corrected chi connectivity index (χ0v) is 28.8. The molecular formula is C40H45F3N4O3. The van der Waals surface area contributed by atoms with Gasteiger partial charge in [0.05, 0.1) is 53.1 Å². The van der Waals surface area contributed by atoms with Gasteiger partial charge >= 0.3 is 6.18 Å². The van der Waals surface area contributed by atoms with Gasteiger partial charge in [-0.15, -0.1) is 0 Å². The molecule has 1 aliphatic carbocycles. The average Bonchev–Trinajstić information content (AvgIpc) is 3.91. The number of morpholine rings is 1. The normalized spacial score (nSPS) is 18.8. The highest BCUT2D eigenvalue weighted by molar-refractivity contribution is 6.11. The fraction of sp³-hybridized carbons (Fsp3) is 0.450. The second-order valence-corrected chi connectivity index (χ2v) is 14.3. The molecule has 10 heteroatoms. The van der Waals surface area contributed by atoms with E-state index in [9.17, 15) is 18.0 Å². The molecular weight excluding hydrogens is 641 g/mol. The number of hydrogen-bond acceptors (Lipinski definition) is 6. The molecule has 0 spiro atoms. The summed E-state index contributed by atoms with van der Waals surface area (Å²) < 4.78 is 54.0. The topological polar surface area (TPSA) is 66.9 Å². The molecule has 1 N–H and O–H groups in total. The van der Waals surface area contributed by atoms with Crippen molar-refractivity contribution >= 4 is 16.8 Å². The van der Waals surface area contributed by atoms with Crippen LogP contribution in [0.1, 0.15) is 66.6 Å². The van der Waals surface area contributed by atoms with Gasteiger partial charge in [-0.25, -0.2) is 4.98 Å². The number of likely N-dealkylation sites (tertiary alicyclic amines) is 1. The number of benzene rings is 3. The zero-order chi connectivity index (χ0) is 34.9. The molecule has 1 saturated carbocycles. The highest BCUT2D eigenvalue weighted by atomic mass is 19.4. The minimum atomic E-state index is -4.53. The Bertz CT molecular complexity index is 1810. The fourth-order valence-corrected chi connectivity index (χ4v) is 7.44. The number of alkyl halides is 3. The minimum Gasteiger partial charge on any atom is -0.493 e. The van der Waals surface area contributed by atoms with Crippen LogP contribution in [0.2, 0.25) is 0 Å². The highest BCUT2D eigenvalue weighted by Gasteiger charge is 2.46. The summed E-state index contributed by atoms with van der Waals surface area (Å²) in [4.78, 5) is 24.8. The third-order valence-corrected chi connectivity index (χ3v) is 10.3. The SMILES string of the molecule is CC(C)COc1cccc2nc(-c3cccc(C(F)(F)F)c3)c(CN3CCC(N4CCOCC4)CC3)c(C(=O)NC3(c4ccccc4)CC3)c12. The van der Waals surface area contributed by atoms with E-state index in [-0.39, 0.29) is 11.8 Å². The van der Waals surface area contributed by atoms with Crippen LogP contribution in [0.3, 0.4) is 0 Å². The lowest BCUT2D eigenvalue weighted by Gasteiger charge is -2.40. The van der Waals surface area contributed by atoms with Crippen LogP contribution in [0.15, 0.2) is 72.8 Å². The number of aromatic nitrogens is 1. The Hall–Kier alpha value is -3.99. The maximum atomic E-state index is 14.9. The molecule has 7 nitrogen and oxygen atoms in total. The second-order valence-electron chi connectivity index (χ2n) is 14.3. The van der Waals surface area contributed by atoms with Gasteiger partial charge in [0.25, 0.3) is 5.91 Å². The predicted molar refractivity (Wildman–Crippen MR) is 188 cm³/mol. The first-order valence-corrected chi connectivity index (χ1v) is 17.8. The number of carbonyl (C=O) groups excluding carboxylic acids is 1. The molecule has 7 rings (SSSR count). The van der Waals surface area contributed by atoms with Crippen molar-refractivity contribution in [3.05, 3.63) is 95.1 Å². The lowest BCUT2D eigenvalue weighted by atomic mass is 9.92. The fourth-order valence-electron chi connectivity index (χ4n) is 7.44. The molecule has 3 aromatic carbocycles. The molecule has 1 aromatic heterocycles. The summed E-state index contributed by atoms with van der Waals surface area (Å²) in [5, 5.41) is 3.97. The van der Waals surface area contributed by atoms with Crippen molar-refractivity contribution in [2.24, 2.45) is 5.92 Å². The Balaban J connectivity index is 1.36. The minimum absolute atomic E-state index is 0.236. The zero-order valence-electron chi connectivity index (χ0n) is 28.8. The summed E-state index contributed by atoms with van der Waals surface area (Å²) in [6.07, 6.45) is -1.01. The molecule has 264 valence electrons. The van der Waals surface area contributed by atoms with E-state index < -0.39 is 17.3 Å². The maximum absolute atomic E-state index is 14.9. The van der Waals surface area contributed by atoms with Crippen LogP contribution in [-0.2, 0) is 23.0 Å². The summed E-state index contributed by atoms with van der Waals surface area (Å²) in [5.74, 6) is 0.506. The maximum Gasteiger partial charge on any atom is 0.416 e. The molecule has 1 amide bonds. The number of carbonyl (C=O) groups is 1. The highest BCUT2D eigenvalue weighted by Crippen LogP contribution is 2.46. The smallest absolute Gasteiger partial charge is 0.416 e. The number of nitrogens with zero attached hydrogens (tertiary/aromatic N) is 3. The number of rotatable bonds is 10. The van der Waals surface area contributed by atoms with Crippen LogP contribution < -0.4 is 10.1 Å². The third kappa shape index (κ3) is 7.38. The standard InChI is InChI=1S/C40H45F3N4O3/c1-27(2)26-50-34-13-7-12-33-36(34)35(38(48)45-39(16-17-39)29-9-4-3-5-10-29)32(37(44-33)28-8-6-11-30(24-28)40(41,42)43)25-46-18-14-31(15-19-46)47-20-22-49-23-21-47/h3-13,24,27,31H,14-23,25-26H2,1-2H3,(H,45,48). The van der Waals surface area contributed by atoms with Gasteiger partial charge in [-0.2, -0.15) is 13.2 Å². The Morgan fingerprint density at radius 2 is 1.70 bits per heavy atom. The first-order chi connectivity index (χ1) is 24.1. The predicted octanol–water partition coefficient (Wildman–Crippen LogP) is 7.67. The number of fused-ring (bicyclic) bond motifs is 1. The van der Waals surface area contributed by atoms with Crippen LogP contribution in [0.4, 0.5) is 13.2 Å². The van der Waals surface area contributed by atoms with E-state index in [0.29, 0.717) is 58.2 Å². The number of halogens is 3. The molecule has 4 aromatic rings. The molecule has 3 heterocycles. The van der Waals surface area contributed by atoms with Crippen LogP contribution in [0, 0.1) is 5.92 Å². The Kier molecular flexibility index (Phi) is 9.87. The first kappa shape index (κ1) is 34.5. The molecule has 2 saturated heterocycles. The number of piperidine rings is 1. The van der Waals surface area contributed by atoms with E-state index in [2.05, 4.69) is 29.0 Å². The van der Waals surface area contributed by atoms with Gasteiger partial charge in [-0.3, -0.25) is 14.6 Å². The van der Waals surface area contributed by atoms with Crippen molar-refractivity contribution in [2.75, 3.05) is 46.0 Å². The molecule has 0 bridgehead atoms. The van der Waals surface area contributed by atoms with Gasteiger partial charge < -0.3 is 14.8 Å². The van der Waals surface area contributed by atoms with Gasteiger partial charge in [-0.05, 0) is 74.5 Å². The lowest BCUT2D eigenvalue weighted by molar-refractivity contribution is -0.137. The molecule has 3 aliphatic rings. The van der Waals surface area contributed by atoms with Crippen molar-refractivity contribution in [2.45, 2.75) is 63.8 Å². The molecule has 3 fully saturated rings. The van der Waals surface area contributed by atoms with E-state index in [0.717, 1.165) is 82.8 Å². The van der Waals surface area contributed by atoms with Gasteiger partial charge in [0.1, 0.15) is 5.75 Å². The summed E-state index contributed by atoms with van der Waals surface area (Å²) in [6.45, 7) is 9.85. The van der Waals surface area contributed by atoms with E-state index in [1.807, 2.05) is 48.5 Å². The van der Waals surface area contributed by atoms with Crippen LogP contribution in [0.25, 0.3) is 22.2 Å². The van der Waals surface area contributed by atoms with Crippen molar-refractivity contribution in [3.8, 4) is 17.0 Å². The van der Waals surface area contributed by atoms with E-state index in [1.165, 1.54) is 6.07 Å². The van der Waals surface area contributed by atoms with Crippen molar-refractivity contribution in [1.82, 2.24) is 20.1 Å². The quantitative estimate of drug-likeness (QED) is 0.185. The Morgan fingerprint density at radius 3 is 2.38 bits per heavy atom.